The molecular weight excluding hydrogens is 402 g/mol. The minimum absolute atomic E-state index is 0.0348. The number of H-pyrrole nitrogens is 1. The number of aromatic amines is 1. The Hall–Kier alpha value is -2.42. The number of hydrogen-bond acceptors (Lipinski definition) is 5. The molecular formula is C21H29N5O3S. The Kier molecular flexibility index (Phi) is 6.08. The number of piperazine rings is 1. The van der Waals surface area contributed by atoms with Crippen LogP contribution in [0.3, 0.4) is 0 Å². The summed E-state index contributed by atoms with van der Waals surface area (Å²) in [4.78, 5) is 50.4. The second-order valence-corrected chi connectivity index (χ2v) is 9.33. The SMILES string of the molecule is CCNC(=O)N1CCN(C(=O)CCc2nc3sc4c(c3c(=O)[nH]2)CCC(C)C4)CC1. The lowest BCUT2D eigenvalue weighted by atomic mass is 9.89. The first-order valence-corrected chi connectivity index (χ1v) is 11.6. The van der Waals surface area contributed by atoms with Crippen molar-refractivity contribution in [1.82, 2.24) is 25.1 Å². The third-order valence-electron chi connectivity index (χ3n) is 6.04. The van der Waals surface area contributed by atoms with Crippen molar-refractivity contribution in [3.05, 3.63) is 26.6 Å². The number of amides is 3. The number of carbonyl (C=O) groups is 2. The third-order valence-corrected chi connectivity index (χ3v) is 7.19. The van der Waals surface area contributed by atoms with Crippen LogP contribution in [-0.2, 0) is 24.1 Å². The van der Waals surface area contributed by atoms with E-state index in [1.807, 2.05) is 6.92 Å². The van der Waals surface area contributed by atoms with Crippen molar-refractivity contribution in [3.63, 3.8) is 0 Å². The molecule has 2 aromatic heterocycles. The van der Waals surface area contributed by atoms with Crippen molar-refractivity contribution < 1.29 is 9.59 Å². The first-order valence-electron chi connectivity index (χ1n) is 10.8. The third kappa shape index (κ3) is 4.21. The summed E-state index contributed by atoms with van der Waals surface area (Å²) in [7, 11) is 0. The summed E-state index contributed by atoms with van der Waals surface area (Å²) in [6, 6.07) is -0.0762. The molecule has 1 unspecified atom stereocenters. The van der Waals surface area contributed by atoms with E-state index in [0.29, 0.717) is 57.3 Å². The van der Waals surface area contributed by atoms with E-state index in [2.05, 4.69) is 22.2 Å². The van der Waals surface area contributed by atoms with Crippen molar-refractivity contribution in [3.8, 4) is 0 Å². The Morgan fingerprint density at radius 2 is 1.97 bits per heavy atom. The maximum absolute atomic E-state index is 12.7. The maximum Gasteiger partial charge on any atom is 0.317 e. The van der Waals surface area contributed by atoms with Crippen LogP contribution in [0.2, 0.25) is 0 Å². The number of nitrogens with one attached hydrogen (secondary N) is 2. The highest BCUT2D eigenvalue weighted by Crippen LogP contribution is 2.35. The summed E-state index contributed by atoms with van der Waals surface area (Å²) in [6.45, 7) is 6.89. The predicted octanol–water partition coefficient (Wildman–Crippen LogP) is 1.92. The number of hydrogen-bond donors (Lipinski definition) is 2. The number of nitrogens with zero attached hydrogens (tertiary/aromatic N) is 3. The van der Waals surface area contributed by atoms with Gasteiger partial charge in [-0.1, -0.05) is 6.92 Å². The van der Waals surface area contributed by atoms with Gasteiger partial charge in [0.25, 0.3) is 5.56 Å². The predicted molar refractivity (Wildman–Crippen MR) is 117 cm³/mol. The van der Waals surface area contributed by atoms with Gasteiger partial charge < -0.3 is 20.1 Å². The van der Waals surface area contributed by atoms with Gasteiger partial charge in [-0.2, -0.15) is 0 Å². The molecule has 1 saturated heterocycles. The van der Waals surface area contributed by atoms with Gasteiger partial charge in [0.05, 0.1) is 5.39 Å². The Labute approximate surface area is 179 Å². The summed E-state index contributed by atoms with van der Waals surface area (Å²) >= 11 is 1.63. The Bertz CT molecular complexity index is 1010. The Morgan fingerprint density at radius 1 is 1.23 bits per heavy atom. The molecule has 0 bridgehead atoms. The molecule has 162 valence electrons. The molecule has 8 nitrogen and oxygen atoms in total. The highest BCUT2D eigenvalue weighted by atomic mass is 32.1. The smallest absolute Gasteiger partial charge is 0.317 e. The molecule has 2 aliphatic rings. The fourth-order valence-electron chi connectivity index (χ4n) is 4.32. The van der Waals surface area contributed by atoms with Crippen LogP contribution in [0.25, 0.3) is 10.2 Å². The van der Waals surface area contributed by atoms with Gasteiger partial charge in [0.15, 0.2) is 0 Å². The van der Waals surface area contributed by atoms with E-state index in [9.17, 15) is 14.4 Å². The largest absolute Gasteiger partial charge is 0.339 e. The van der Waals surface area contributed by atoms with Gasteiger partial charge >= 0.3 is 6.03 Å². The molecule has 1 aliphatic carbocycles. The van der Waals surface area contributed by atoms with Crippen LogP contribution < -0.4 is 10.9 Å². The van der Waals surface area contributed by atoms with Crippen molar-refractivity contribution in [2.24, 2.45) is 5.92 Å². The van der Waals surface area contributed by atoms with Crippen LogP contribution in [0.15, 0.2) is 4.79 Å². The molecule has 0 spiro atoms. The van der Waals surface area contributed by atoms with Gasteiger partial charge in [-0.15, -0.1) is 11.3 Å². The quantitative estimate of drug-likeness (QED) is 0.773. The van der Waals surface area contributed by atoms with Crippen LogP contribution in [-0.4, -0.2) is 64.4 Å². The molecule has 2 N–H and O–H groups in total. The number of aromatic nitrogens is 2. The average molecular weight is 432 g/mol. The fraction of sp³-hybridized carbons (Fsp3) is 0.619. The summed E-state index contributed by atoms with van der Waals surface area (Å²) in [5, 5.41) is 3.54. The molecule has 9 heteroatoms. The monoisotopic (exact) mass is 431 g/mol. The van der Waals surface area contributed by atoms with Crippen LogP contribution in [0.5, 0.6) is 0 Å². The fourth-order valence-corrected chi connectivity index (χ4v) is 5.72. The summed E-state index contributed by atoms with van der Waals surface area (Å²) in [5.41, 5.74) is 1.10. The highest BCUT2D eigenvalue weighted by Gasteiger charge is 2.25. The summed E-state index contributed by atoms with van der Waals surface area (Å²) < 4.78 is 0. The summed E-state index contributed by atoms with van der Waals surface area (Å²) in [5.74, 6) is 1.26. The van der Waals surface area contributed by atoms with Crippen LogP contribution in [0, 0.1) is 5.92 Å². The van der Waals surface area contributed by atoms with E-state index in [1.54, 1.807) is 21.1 Å². The molecule has 1 atom stereocenters. The van der Waals surface area contributed by atoms with Gasteiger partial charge in [0.2, 0.25) is 5.91 Å². The molecule has 0 saturated carbocycles. The number of fused-ring (bicyclic) bond motifs is 3. The first kappa shape index (κ1) is 20.8. The lowest BCUT2D eigenvalue weighted by molar-refractivity contribution is -0.132. The number of thiophene rings is 1. The maximum atomic E-state index is 12.7. The van der Waals surface area contributed by atoms with E-state index >= 15 is 0 Å². The van der Waals surface area contributed by atoms with Crippen molar-refractivity contribution >= 4 is 33.5 Å². The van der Waals surface area contributed by atoms with Gasteiger partial charge in [-0.25, -0.2) is 9.78 Å². The average Bonchev–Trinajstić information content (AvgIpc) is 3.10. The first-order chi connectivity index (χ1) is 14.5. The van der Waals surface area contributed by atoms with Crippen LogP contribution in [0.4, 0.5) is 4.79 Å². The second kappa shape index (κ2) is 8.75. The van der Waals surface area contributed by atoms with Crippen LogP contribution in [0.1, 0.15) is 43.0 Å². The van der Waals surface area contributed by atoms with Gasteiger partial charge in [-0.05, 0) is 37.7 Å². The number of urea groups is 1. The molecule has 0 aromatic carbocycles. The number of carbonyl (C=O) groups excluding carboxylic acids is 2. The minimum atomic E-state index is -0.0787. The minimum Gasteiger partial charge on any atom is -0.339 e. The molecule has 1 aliphatic heterocycles. The van der Waals surface area contributed by atoms with E-state index in [1.165, 1.54) is 10.4 Å². The van der Waals surface area contributed by atoms with E-state index in [4.69, 9.17) is 0 Å². The zero-order valence-electron chi connectivity index (χ0n) is 17.6. The highest BCUT2D eigenvalue weighted by molar-refractivity contribution is 7.18. The molecule has 3 amide bonds. The molecule has 4 rings (SSSR count). The number of rotatable bonds is 4. The standard InChI is InChI=1S/C21H29N5O3S/c1-3-22-21(29)26-10-8-25(9-11-26)17(27)7-6-16-23-19(28)18-14-5-4-13(2)12-15(14)30-20(18)24-16/h13H,3-12H2,1-2H3,(H,22,29)(H,23,24,28). The lowest BCUT2D eigenvalue weighted by Crippen LogP contribution is -2.53. The molecule has 0 radical (unpaired) electrons. The van der Waals surface area contributed by atoms with Crippen molar-refractivity contribution in [1.29, 1.82) is 0 Å². The molecule has 30 heavy (non-hydrogen) atoms. The van der Waals surface area contributed by atoms with Gasteiger partial charge in [0.1, 0.15) is 10.7 Å². The zero-order valence-corrected chi connectivity index (χ0v) is 18.4. The van der Waals surface area contributed by atoms with E-state index in [0.717, 1.165) is 29.5 Å². The Balaban J connectivity index is 1.38. The van der Waals surface area contributed by atoms with E-state index in [-0.39, 0.29) is 17.5 Å². The van der Waals surface area contributed by atoms with Gasteiger partial charge in [0, 0.05) is 50.4 Å². The normalized spacial score (nSPS) is 19.1. The van der Waals surface area contributed by atoms with Crippen molar-refractivity contribution in [2.45, 2.75) is 46.0 Å². The topological polar surface area (TPSA) is 98.4 Å². The lowest BCUT2D eigenvalue weighted by Gasteiger charge is -2.34. The Morgan fingerprint density at radius 3 is 2.70 bits per heavy atom. The number of aryl methyl sites for hydroxylation is 2. The molecule has 3 heterocycles. The summed E-state index contributed by atoms with van der Waals surface area (Å²) in [6.07, 6.45) is 3.80. The zero-order chi connectivity index (χ0) is 21.3. The van der Waals surface area contributed by atoms with E-state index < -0.39 is 0 Å². The molecule has 2 aromatic rings. The second-order valence-electron chi connectivity index (χ2n) is 8.25. The van der Waals surface area contributed by atoms with Crippen LogP contribution >= 0.6 is 11.3 Å². The molecule has 1 fully saturated rings. The van der Waals surface area contributed by atoms with Gasteiger partial charge in [-0.3, -0.25) is 9.59 Å². The van der Waals surface area contributed by atoms with Crippen molar-refractivity contribution in [2.75, 3.05) is 32.7 Å².